The summed E-state index contributed by atoms with van der Waals surface area (Å²) in [7, 11) is 1.56. The molecule has 10 heteroatoms. The molecule has 4 aromatic rings. The number of ether oxygens (including phenoxy) is 1. The van der Waals surface area contributed by atoms with Crippen LogP contribution < -0.4 is 21.3 Å². The molecule has 0 aliphatic heterocycles. The third-order valence-electron chi connectivity index (χ3n) is 5.31. The van der Waals surface area contributed by atoms with E-state index in [1.807, 2.05) is 12.1 Å². The monoisotopic (exact) mass is 479 g/mol. The fourth-order valence-corrected chi connectivity index (χ4v) is 3.67. The van der Waals surface area contributed by atoms with E-state index in [-0.39, 0.29) is 24.1 Å². The SMILES string of the molecule is CCn1c(=O)n(CC(=O)NCc2cccc(OC)c2)c(=O)c2cnc(-c3ccc(Cl)cc3)nc21. The molecule has 0 atom stereocenters. The lowest BCUT2D eigenvalue weighted by Crippen LogP contribution is -2.44. The maximum atomic E-state index is 13.1. The van der Waals surface area contributed by atoms with Gasteiger partial charge in [-0.2, -0.15) is 0 Å². The van der Waals surface area contributed by atoms with E-state index in [0.29, 0.717) is 22.2 Å². The predicted octanol–water partition coefficient (Wildman–Crippen LogP) is 2.62. The smallest absolute Gasteiger partial charge is 0.333 e. The number of aryl methyl sites for hydroxylation is 1. The molecular weight excluding hydrogens is 458 g/mol. The molecule has 0 bridgehead atoms. The van der Waals surface area contributed by atoms with E-state index in [0.717, 1.165) is 10.1 Å². The molecule has 0 aliphatic carbocycles. The number of rotatable bonds is 7. The molecule has 0 unspecified atom stereocenters. The molecule has 0 aliphatic rings. The molecule has 1 amide bonds. The van der Waals surface area contributed by atoms with Gasteiger partial charge in [-0.05, 0) is 48.9 Å². The highest BCUT2D eigenvalue weighted by Gasteiger charge is 2.17. The Morgan fingerprint density at radius 3 is 2.59 bits per heavy atom. The second-order valence-corrected chi connectivity index (χ2v) is 7.92. The number of halogens is 1. The van der Waals surface area contributed by atoms with Gasteiger partial charge in [0.2, 0.25) is 5.91 Å². The van der Waals surface area contributed by atoms with Crippen molar-refractivity contribution in [2.45, 2.75) is 26.6 Å². The fourth-order valence-electron chi connectivity index (χ4n) is 3.54. The van der Waals surface area contributed by atoms with Gasteiger partial charge in [0.1, 0.15) is 17.7 Å². The first-order chi connectivity index (χ1) is 16.4. The van der Waals surface area contributed by atoms with Gasteiger partial charge < -0.3 is 10.1 Å². The molecule has 1 N–H and O–H groups in total. The molecule has 174 valence electrons. The topological polar surface area (TPSA) is 108 Å². The zero-order valence-corrected chi connectivity index (χ0v) is 19.4. The van der Waals surface area contributed by atoms with Gasteiger partial charge in [-0.3, -0.25) is 18.7 Å². The average molecular weight is 480 g/mol. The summed E-state index contributed by atoms with van der Waals surface area (Å²) in [6.07, 6.45) is 1.38. The van der Waals surface area contributed by atoms with Crippen molar-refractivity contribution in [3.63, 3.8) is 0 Å². The highest BCUT2D eigenvalue weighted by Crippen LogP contribution is 2.19. The minimum Gasteiger partial charge on any atom is -0.497 e. The number of carbonyl (C=O) groups excluding carboxylic acids is 1. The molecule has 0 spiro atoms. The Labute approximate surface area is 199 Å². The number of fused-ring (bicyclic) bond motifs is 1. The summed E-state index contributed by atoms with van der Waals surface area (Å²) in [5.41, 5.74) is 0.502. The van der Waals surface area contributed by atoms with Crippen molar-refractivity contribution < 1.29 is 9.53 Å². The quantitative estimate of drug-likeness (QED) is 0.436. The number of hydrogen-bond donors (Lipinski definition) is 1. The van der Waals surface area contributed by atoms with Gasteiger partial charge in [-0.15, -0.1) is 0 Å². The van der Waals surface area contributed by atoms with Crippen molar-refractivity contribution in [2.75, 3.05) is 7.11 Å². The Morgan fingerprint density at radius 2 is 1.88 bits per heavy atom. The van der Waals surface area contributed by atoms with Gasteiger partial charge in [0.05, 0.1) is 7.11 Å². The molecule has 2 aromatic carbocycles. The second-order valence-electron chi connectivity index (χ2n) is 7.48. The fraction of sp³-hybridized carbons (Fsp3) is 0.208. The molecule has 4 rings (SSSR count). The standard InChI is InChI=1S/C24H22ClN5O4/c1-3-29-22-19(13-27-21(28-22)16-7-9-17(25)10-8-16)23(32)30(24(29)33)14-20(31)26-12-15-5-4-6-18(11-15)34-2/h4-11,13H,3,12,14H2,1-2H3,(H,26,31). The number of methoxy groups -OCH3 is 1. The molecule has 34 heavy (non-hydrogen) atoms. The minimum absolute atomic E-state index is 0.153. The van der Waals surface area contributed by atoms with Crippen molar-refractivity contribution in [3.05, 3.63) is 86.2 Å². The van der Waals surface area contributed by atoms with E-state index in [4.69, 9.17) is 16.3 Å². The van der Waals surface area contributed by atoms with Gasteiger partial charge in [-0.1, -0.05) is 23.7 Å². The van der Waals surface area contributed by atoms with Crippen LogP contribution in [0, 0.1) is 0 Å². The Bertz CT molecular complexity index is 1480. The maximum Gasteiger partial charge on any atom is 0.333 e. The number of benzene rings is 2. The summed E-state index contributed by atoms with van der Waals surface area (Å²) in [6.45, 7) is 1.84. The lowest BCUT2D eigenvalue weighted by atomic mass is 10.2. The van der Waals surface area contributed by atoms with Crippen LogP contribution >= 0.6 is 11.6 Å². The van der Waals surface area contributed by atoms with E-state index in [1.165, 1.54) is 10.8 Å². The minimum atomic E-state index is -0.621. The summed E-state index contributed by atoms with van der Waals surface area (Å²) >= 11 is 5.94. The van der Waals surface area contributed by atoms with Crippen LogP contribution in [-0.4, -0.2) is 32.1 Å². The summed E-state index contributed by atoms with van der Waals surface area (Å²) in [5.74, 6) is 0.558. The largest absolute Gasteiger partial charge is 0.497 e. The number of nitrogens with zero attached hydrogens (tertiary/aromatic N) is 4. The molecule has 0 saturated carbocycles. The Morgan fingerprint density at radius 1 is 1.12 bits per heavy atom. The Hall–Kier alpha value is -3.98. The number of nitrogens with one attached hydrogen (secondary N) is 1. The summed E-state index contributed by atoms with van der Waals surface area (Å²) in [4.78, 5) is 47.4. The number of aromatic nitrogens is 4. The lowest BCUT2D eigenvalue weighted by Gasteiger charge is -2.13. The van der Waals surface area contributed by atoms with Crippen LogP contribution in [0.1, 0.15) is 12.5 Å². The summed E-state index contributed by atoms with van der Waals surface area (Å²) < 4.78 is 7.43. The summed E-state index contributed by atoms with van der Waals surface area (Å²) in [6, 6.07) is 14.2. The Kier molecular flexibility index (Phi) is 6.74. The third-order valence-corrected chi connectivity index (χ3v) is 5.56. The maximum absolute atomic E-state index is 13.1. The second kappa shape index (κ2) is 9.88. The highest BCUT2D eigenvalue weighted by molar-refractivity contribution is 6.30. The van der Waals surface area contributed by atoms with Crippen molar-refractivity contribution in [1.29, 1.82) is 0 Å². The number of carbonyl (C=O) groups is 1. The van der Waals surface area contributed by atoms with Gasteiger partial charge in [-0.25, -0.2) is 14.8 Å². The average Bonchev–Trinajstić information content (AvgIpc) is 2.86. The highest BCUT2D eigenvalue weighted by atomic mass is 35.5. The molecule has 0 fully saturated rings. The van der Waals surface area contributed by atoms with Crippen LogP contribution in [0.5, 0.6) is 5.75 Å². The van der Waals surface area contributed by atoms with Gasteiger partial charge in [0.25, 0.3) is 5.56 Å². The normalized spacial score (nSPS) is 10.9. The molecule has 2 heterocycles. The molecular formula is C24H22ClN5O4. The van der Waals surface area contributed by atoms with Gasteiger partial charge >= 0.3 is 5.69 Å². The first-order valence-corrected chi connectivity index (χ1v) is 10.9. The molecule has 0 saturated heterocycles. The van der Waals surface area contributed by atoms with E-state index in [9.17, 15) is 14.4 Å². The van der Waals surface area contributed by atoms with Gasteiger partial charge in [0, 0.05) is 29.9 Å². The predicted molar refractivity (Wildman–Crippen MR) is 129 cm³/mol. The van der Waals surface area contributed by atoms with Crippen LogP contribution in [0.2, 0.25) is 5.02 Å². The zero-order valence-electron chi connectivity index (χ0n) is 18.6. The van der Waals surface area contributed by atoms with Crippen molar-refractivity contribution in [3.8, 4) is 17.1 Å². The van der Waals surface area contributed by atoms with Crippen molar-refractivity contribution in [1.82, 2.24) is 24.4 Å². The van der Waals surface area contributed by atoms with Crippen LogP contribution in [0.15, 0.2) is 64.3 Å². The van der Waals surface area contributed by atoms with Gasteiger partial charge in [0.15, 0.2) is 11.5 Å². The van der Waals surface area contributed by atoms with Crippen LogP contribution in [-0.2, 0) is 24.4 Å². The molecule has 9 nitrogen and oxygen atoms in total. The van der Waals surface area contributed by atoms with Crippen LogP contribution in [0.3, 0.4) is 0 Å². The van der Waals surface area contributed by atoms with E-state index in [1.54, 1.807) is 50.4 Å². The number of hydrogen-bond acceptors (Lipinski definition) is 6. The number of amides is 1. The summed E-state index contributed by atoms with van der Waals surface area (Å²) in [5, 5.41) is 3.45. The molecule has 2 aromatic heterocycles. The van der Waals surface area contributed by atoms with E-state index in [2.05, 4.69) is 15.3 Å². The third kappa shape index (κ3) is 4.69. The Balaban J connectivity index is 1.64. The van der Waals surface area contributed by atoms with Crippen LogP contribution in [0.25, 0.3) is 22.4 Å². The van der Waals surface area contributed by atoms with Crippen molar-refractivity contribution in [2.24, 2.45) is 0 Å². The zero-order chi connectivity index (χ0) is 24.2. The van der Waals surface area contributed by atoms with Crippen LogP contribution in [0.4, 0.5) is 0 Å². The first-order valence-electron chi connectivity index (χ1n) is 10.6. The van der Waals surface area contributed by atoms with Crippen molar-refractivity contribution >= 4 is 28.5 Å². The van der Waals surface area contributed by atoms with E-state index < -0.39 is 23.7 Å². The molecule has 0 radical (unpaired) electrons. The van der Waals surface area contributed by atoms with E-state index >= 15 is 0 Å². The first kappa shape index (κ1) is 23.2. The lowest BCUT2D eigenvalue weighted by molar-refractivity contribution is -0.121.